The van der Waals surface area contributed by atoms with E-state index in [1.165, 1.54) is 5.56 Å². The second kappa shape index (κ2) is 5.40. The van der Waals surface area contributed by atoms with Crippen LogP contribution in [0.4, 0.5) is 0 Å². The number of ether oxygens (including phenoxy) is 1. The van der Waals surface area contributed by atoms with Crippen LogP contribution in [0.2, 0.25) is 0 Å². The lowest BCUT2D eigenvalue weighted by Gasteiger charge is -2.08. The molecule has 1 heterocycles. The molecule has 2 heteroatoms. The standard InChI is InChI=1S/C14H17NO/c1-2-13-6-5-7-14(12-13)16-11-10-15-8-3-4-9-15/h3-9,12H,2,10-11H2,1H3. The van der Waals surface area contributed by atoms with E-state index in [-0.39, 0.29) is 0 Å². The van der Waals surface area contributed by atoms with Crippen LogP contribution in [0, 0.1) is 0 Å². The Balaban J connectivity index is 1.85. The Morgan fingerprint density at radius 3 is 2.69 bits per heavy atom. The molecule has 0 bridgehead atoms. The summed E-state index contributed by atoms with van der Waals surface area (Å²) in [5, 5.41) is 0. The molecule has 2 aromatic rings. The first-order chi connectivity index (χ1) is 7.88. The van der Waals surface area contributed by atoms with Crippen molar-refractivity contribution in [1.29, 1.82) is 0 Å². The monoisotopic (exact) mass is 215 g/mol. The van der Waals surface area contributed by atoms with Crippen LogP contribution in [0.3, 0.4) is 0 Å². The summed E-state index contributed by atoms with van der Waals surface area (Å²) in [4.78, 5) is 0. The van der Waals surface area contributed by atoms with Crippen LogP contribution in [0.15, 0.2) is 48.8 Å². The molecular formula is C14H17NO. The molecule has 0 unspecified atom stereocenters. The highest BCUT2D eigenvalue weighted by Crippen LogP contribution is 2.13. The molecule has 0 N–H and O–H groups in total. The number of aryl methyl sites for hydroxylation is 1. The van der Waals surface area contributed by atoms with Crippen molar-refractivity contribution in [2.75, 3.05) is 6.61 Å². The van der Waals surface area contributed by atoms with Gasteiger partial charge in [-0.25, -0.2) is 0 Å². The molecule has 0 radical (unpaired) electrons. The van der Waals surface area contributed by atoms with Crippen LogP contribution in [0.5, 0.6) is 5.75 Å². The molecule has 0 amide bonds. The molecule has 0 atom stereocenters. The highest BCUT2D eigenvalue weighted by atomic mass is 16.5. The largest absolute Gasteiger partial charge is 0.492 e. The summed E-state index contributed by atoms with van der Waals surface area (Å²) in [7, 11) is 0. The van der Waals surface area contributed by atoms with Crippen molar-refractivity contribution in [3.63, 3.8) is 0 Å². The van der Waals surface area contributed by atoms with Gasteiger partial charge in [0.1, 0.15) is 12.4 Å². The smallest absolute Gasteiger partial charge is 0.119 e. The summed E-state index contributed by atoms with van der Waals surface area (Å²) >= 11 is 0. The van der Waals surface area contributed by atoms with Crippen LogP contribution in [0.1, 0.15) is 12.5 Å². The lowest BCUT2D eigenvalue weighted by molar-refractivity contribution is 0.298. The zero-order chi connectivity index (χ0) is 11.2. The molecule has 84 valence electrons. The minimum absolute atomic E-state index is 0.710. The quantitative estimate of drug-likeness (QED) is 0.747. The van der Waals surface area contributed by atoms with Crippen molar-refractivity contribution in [2.45, 2.75) is 19.9 Å². The van der Waals surface area contributed by atoms with Crippen molar-refractivity contribution in [3.8, 4) is 5.75 Å². The van der Waals surface area contributed by atoms with Crippen LogP contribution in [-0.2, 0) is 13.0 Å². The second-order valence-electron chi connectivity index (χ2n) is 3.77. The van der Waals surface area contributed by atoms with E-state index in [0.29, 0.717) is 6.61 Å². The Labute approximate surface area is 96.5 Å². The summed E-state index contributed by atoms with van der Waals surface area (Å²) in [5.74, 6) is 0.964. The fourth-order valence-corrected chi connectivity index (χ4v) is 1.64. The molecule has 16 heavy (non-hydrogen) atoms. The fraction of sp³-hybridized carbons (Fsp3) is 0.286. The van der Waals surface area contributed by atoms with Gasteiger partial charge >= 0.3 is 0 Å². The van der Waals surface area contributed by atoms with Crippen molar-refractivity contribution in [1.82, 2.24) is 4.57 Å². The molecule has 2 rings (SSSR count). The molecule has 1 aromatic heterocycles. The maximum atomic E-state index is 5.70. The topological polar surface area (TPSA) is 14.2 Å². The van der Waals surface area contributed by atoms with Crippen LogP contribution in [0.25, 0.3) is 0 Å². The zero-order valence-corrected chi connectivity index (χ0v) is 9.60. The van der Waals surface area contributed by atoms with E-state index >= 15 is 0 Å². The number of rotatable bonds is 5. The summed E-state index contributed by atoms with van der Waals surface area (Å²) in [6.07, 6.45) is 5.15. The minimum Gasteiger partial charge on any atom is -0.492 e. The first-order valence-corrected chi connectivity index (χ1v) is 5.71. The third kappa shape index (κ3) is 2.89. The van der Waals surface area contributed by atoms with Gasteiger partial charge < -0.3 is 9.30 Å². The Morgan fingerprint density at radius 2 is 1.94 bits per heavy atom. The highest BCUT2D eigenvalue weighted by Gasteiger charge is 1.95. The van der Waals surface area contributed by atoms with E-state index in [1.54, 1.807) is 0 Å². The summed E-state index contributed by atoms with van der Waals surface area (Å²) in [5.41, 5.74) is 1.32. The van der Waals surface area contributed by atoms with E-state index in [0.717, 1.165) is 18.7 Å². The number of hydrogen-bond acceptors (Lipinski definition) is 1. The molecule has 0 spiro atoms. The molecule has 0 aliphatic heterocycles. The van der Waals surface area contributed by atoms with Crippen LogP contribution in [-0.4, -0.2) is 11.2 Å². The molecule has 1 aromatic carbocycles. The molecular weight excluding hydrogens is 198 g/mol. The maximum absolute atomic E-state index is 5.70. The first kappa shape index (κ1) is 10.8. The lowest BCUT2D eigenvalue weighted by atomic mass is 10.2. The molecule has 0 saturated carbocycles. The molecule has 0 aliphatic carbocycles. The Hall–Kier alpha value is -1.70. The van der Waals surface area contributed by atoms with Gasteiger partial charge in [-0.2, -0.15) is 0 Å². The maximum Gasteiger partial charge on any atom is 0.119 e. The number of nitrogens with zero attached hydrogens (tertiary/aromatic N) is 1. The molecule has 2 nitrogen and oxygen atoms in total. The highest BCUT2D eigenvalue weighted by molar-refractivity contribution is 5.28. The number of aromatic nitrogens is 1. The molecule has 0 fully saturated rings. The van der Waals surface area contributed by atoms with Crippen molar-refractivity contribution in [3.05, 3.63) is 54.4 Å². The second-order valence-corrected chi connectivity index (χ2v) is 3.77. The van der Waals surface area contributed by atoms with Crippen molar-refractivity contribution < 1.29 is 4.74 Å². The van der Waals surface area contributed by atoms with E-state index in [9.17, 15) is 0 Å². The average molecular weight is 215 g/mol. The first-order valence-electron chi connectivity index (χ1n) is 5.71. The number of hydrogen-bond donors (Lipinski definition) is 0. The third-order valence-electron chi connectivity index (χ3n) is 2.59. The van der Waals surface area contributed by atoms with E-state index < -0.39 is 0 Å². The van der Waals surface area contributed by atoms with Gasteiger partial charge in [-0.3, -0.25) is 0 Å². The van der Waals surface area contributed by atoms with Gasteiger partial charge in [0.15, 0.2) is 0 Å². The van der Waals surface area contributed by atoms with Gasteiger partial charge in [-0.15, -0.1) is 0 Å². The van der Waals surface area contributed by atoms with Crippen LogP contribution < -0.4 is 4.74 Å². The van der Waals surface area contributed by atoms with Crippen LogP contribution >= 0.6 is 0 Å². The van der Waals surface area contributed by atoms with E-state index in [4.69, 9.17) is 4.74 Å². The van der Waals surface area contributed by atoms with E-state index in [1.807, 2.05) is 36.7 Å². The lowest BCUT2D eigenvalue weighted by Crippen LogP contribution is -2.06. The molecule has 0 saturated heterocycles. The average Bonchev–Trinajstić information content (AvgIpc) is 2.82. The van der Waals surface area contributed by atoms with Gasteiger partial charge in [0.2, 0.25) is 0 Å². The predicted molar refractivity (Wildman–Crippen MR) is 65.7 cm³/mol. The van der Waals surface area contributed by atoms with Gasteiger partial charge in [-0.1, -0.05) is 19.1 Å². The summed E-state index contributed by atoms with van der Waals surface area (Å²) in [6.45, 7) is 3.75. The number of benzene rings is 1. The van der Waals surface area contributed by atoms with Gasteiger partial charge in [0, 0.05) is 12.4 Å². The minimum atomic E-state index is 0.710. The predicted octanol–water partition coefficient (Wildman–Crippen LogP) is 3.13. The van der Waals surface area contributed by atoms with Gasteiger partial charge in [0.25, 0.3) is 0 Å². The van der Waals surface area contributed by atoms with Crippen molar-refractivity contribution >= 4 is 0 Å². The Morgan fingerprint density at radius 1 is 1.12 bits per heavy atom. The molecule has 0 aliphatic rings. The zero-order valence-electron chi connectivity index (χ0n) is 9.60. The van der Waals surface area contributed by atoms with Crippen molar-refractivity contribution in [2.24, 2.45) is 0 Å². The fourth-order valence-electron chi connectivity index (χ4n) is 1.64. The van der Waals surface area contributed by atoms with Gasteiger partial charge in [0.05, 0.1) is 6.54 Å². The summed E-state index contributed by atoms with van der Waals surface area (Å²) in [6, 6.07) is 12.3. The Bertz CT molecular complexity index is 420. The van der Waals surface area contributed by atoms with E-state index in [2.05, 4.69) is 23.6 Å². The Kier molecular flexibility index (Phi) is 3.65. The SMILES string of the molecule is CCc1cccc(OCCn2cccc2)c1. The van der Waals surface area contributed by atoms with Gasteiger partial charge in [-0.05, 0) is 36.2 Å². The normalized spacial score (nSPS) is 10.3. The summed E-state index contributed by atoms with van der Waals surface area (Å²) < 4.78 is 7.82. The third-order valence-corrected chi connectivity index (χ3v) is 2.59.